The Morgan fingerprint density at radius 2 is 1.74 bits per heavy atom. The van der Waals surface area contributed by atoms with Crippen molar-refractivity contribution in [3.63, 3.8) is 0 Å². The molecule has 9 heteroatoms. The Labute approximate surface area is 193 Å². The normalized spacial score (nSPS) is 14.5. The van der Waals surface area contributed by atoms with Crippen molar-refractivity contribution in [1.82, 2.24) is 4.57 Å². The van der Waals surface area contributed by atoms with E-state index in [0.717, 1.165) is 27.6 Å². The molecule has 1 aromatic heterocycles. The maximum Gasteiger partial charge on any atom is 0.363 e. The zero-order chi connectivity index (χ0) is 24.0. The van der Waals surface area contributed by atoms with Crippen LogP contribution in [0.15, 0.2) is 65.3 Å². The SMILES string of the molecule is COc1ccc2c3cc(/C=C4\N=C(c5ccc([N+](=O)[O-])cc5)OC4=O)c(OC)cc3n(C)c2c1. The second-order valence-corrected chi connectivity index (χ2v) is 7.69. The number of nitro groups is 1. The van der Waals surface area contributed by atoms with Gasteiger partial charge in [0.05, 0.1) is 30.2 Å². The molecule has 0 saturated heterocycles. The number of cyclic esters (lactones) is 1. The number of methoxy groups -OCH3 is 2. The third kappa shape index (κ3) is 3.43. The minimum Gasteiger partial charge on any atom is -0.497 e. The molecule has 0 unspecified atom stereocenters. The van der Waals surface area contributed by atoms with E-state index in [2.05, 4.69) is 9.56 Å². The van der Waals surface area contributed by atoms with Crippen LogP contribution in [-0.4, -0.2) is 35.6 Å². The van der Waals surface area contributed by atoms with Gasteiger partial charge in [0.15, 0.2) is 5.70 Å². The number of aromatic nitrogens is 1. The standard InChI is InChI=1S/C25H19N3O6/c1-27-21-12-17(32-2)8-9-18(21)19-10-15(23(33-3)13-22(19)27)11-20-25(29)34-24(26-20)14-4-6-16(7-5-14)28(30)31/h4-13H,1-3H3/b20-11-. The average Bonchev–Trinajstić information content (AvgIpc) is 3.35. The number of fused-ring (bicyclic) bond motifs is 3. The van der Waals surface area contributed by atoms with Crippen molar-refractivity contribution in [3.05, 3.63) is 81.5 Å². The van der Waals surface area contributed by atoms with Crippen molar-refractivity contribution < 1.29 is 23.9 Å². The Hall–Kier alpha value is -4.66. The van der Waals surface area contributed by atoms with Gasteiger partial charge in [0.1, 0.15) is 11.5 Å². The second-order valence-electron chi connectivity index (χ2n) is 7.69. The fourth-order valence-corrected chi connectivity index (χ4v) is 4.05. The first-order valence-corrected chi connectivity index (χ1v) is 10.3. The van der Waals surface area contributed by atoms with E-state index in [1.54, 1.807) is 20.3 Å². The molecular formula is C25H19N3O6. The molecule has 0 atom stereocenters. The zero-order valence-corrected chi connectivity index (χ0v) is 18.6. The number of benzene rings is 3. The summed E-state index contributed by atoms with van der Waals surface area (Å²) in [5.74, 6) is 0.806. The smallest absolute Gasteiger partial charge is 0.363 e. The molecule has 0 fully saturated rings. The predicted octanol–water partition coefficient (Wildman–Crippen LogP) is 4.60. The third-order valence-electron chi connectivity index (χ3n) is 5.80. The molecule has 4 aromatic rings. The molecule has 34 heavy (non-hydrogen) atoms. The molecule has 1 aliphatic heterocycles. The molecule has 5 rings (SSSR count). The zero-order valence-electron chi connectivity index (χ0n) is 18.6. The Morgan fingerprint density at radius 3 is 2.41 bits per heavy atom. The fraction of sp³-hybridized carbons (Fsp3) is 0.120. The van der Waals surface area contributed by atoms with Crippen molar-refractivity contribution in [2.75, 3.05) is 14.2 Å². The molecule has 0 bridgehead atoms. The lowest BCUT2D eigenvalue weighted by atomic mass is 10.1. The van der Waals surface area contributed by atoms with E-state index < -0.39 is 10.9 Å². The Bertz CT molecular complexity index is 1550. The molecule has 1 aliphatic rings. The van der Waals surface area contributed by atoms with Crippen LogP contribution in [0.25, 0.3) is 27.9 Å². The van der Waals surface area contributed by atoms with Crippen molar-refractivity contribution in [2.24, 2.45) is 12.0 Å². The number of ether oxygens (including phenoxy) is 3. The predicted molar refractivity (Wildman–Crippen MR) is 127 cm³/mol. The summed E-state index contributed by atoms with van der Waals surface area (Å²) in [7, 11) is 5.16. The maximum atomic E-state index is 12.5. The van der Waals surface area contributed by atoms with E-state index in [-0.39, 0.29) is 17.3 Å². The fourth-order valence-electron chi connectivity index (χ4n) is 4.05. The number of esters is 1. The molecule has 0 amide bonds. The van der Waals surface area contributed by atoms with Gasteiger partial charge in [-0.2, -0.15) is 0 Å². The maximum absolute atomic E-state index is 12.5. The topological polar surface area (TPSA) is 105 Å². The van der Waals surface area contributed by atoms with E-state index in [4.69, 9.17) is 14.2 Å². The number of carbonyl (C=O) groups is 1. The van der Waals surface area contributed by atoms with E-state index in [1.807, 2.05) is 37.4 Å². The van der Waals surface area contributed by atoms with Crippen molar-refractivity contribution in [2.45, 2.75) is 0 Å². The number of carbonyl (C=O) groups excluding carboxylic acids is 1. The number of nitrogens with zero attached hydrogens (tertiary/aromatic N) is 3. The first-order chi connectivity index (χ1) is 16.4. The number of aliphatic imine (C=N–C) groups is 1. The molecule has 9 nitrogen and oxygen atoms in total. The van der Waals surface area contributed by atoms with E-state index in [9.17, 15) is 14.9 Å². The van der Waals surface area contributed by atoms with Gasteiger partial charge in [-0.25, -0.2) is 9.79 Å². The van der Waals surface area contributed by atoms with Crippen LogP contribution in [0.5, 0.6) is 11.5 Å². The van der Waals surface area contributed by atoms with Crippen LogP contribution in [0, 0.1) is 10.1 Å². The van der Waals surface area contributed by atoms with Crippen LogP contribution in [0.2, 0.25) is 0 Å². The molecule has 0 radical (unpaired) electrons. The first kappa shape index (κ1) is 21.2. The van der Waals surface area contributed by atoms with E-state index in [1.165, 1.54) is 24.3 Å². The Kier molecular flexibility index (Phi) is 5.01. The van der Waals surface area contributed by atoms with Crippen LogP contribution in [0.1, 0.15) is 11.1 Å². The molecule has 0 aliphatic carbocycles. The minimum absolute atomic E-state index is 0.0600. The van der Waals surface area contributed by atoms with Gasteiger partial charge < -0.3 is 18.8 Å². The molecule has 0 saturated carbocycles. The lowest BCUT2D eigenvalue weighted by molar-refractivity contribution is -0.384. The van der Waals surface area contributed by atoms with Gasteiger partial charge in [0.25, 0.3) is 5.69 Å². The number of aryl methyl sites for hydroxylation is 1. The van der Waals surface area contributed by atoms with E-state index >= 15 is 0 Å². The molecule has 2 heterocycles. The first-order valence-electron chi connectivity index (χ1n) is 10.3. The summed E-state index contributed by atoms with van der Waals surface area (Å²) in [6.07, 6.45) is 1.61. The van der Waals surface area contributed by atoms with Crippen molar-refractivity contribution >= 4 is 45.4 Å². The number of nitro benzene ring substituents is 1. The summed E-state index contributed by atoms with van der Waals surface area (Å²) in [6, 6.07) is 15.4. The van der Waals surface area contributed by atoms with Crippen LogP contribution < -0.4 is 9.47 Å². The van der Waals surface area contributed by atoms with Gasteiger partial charge in [-0.3, -0.25) is 10.1 Å². The lowest BCUT2D eigenvalue weighted by Crippen LogP contribution is -2.05. The van der Waals surface area contributed by atoms with Crippen LogP contribution in [-0.2, 0) is 16.6 Å². The van der Waals surface area contributed by atoms with Crippen LogP contribution in [0.4, 0.5) is 5.69 Å². The van der Waals surface area contributed by atoms with Gasteiger partial charge in [0.2, 0.25) is 5.90 Å². The highest BCUT2D eigenvalue weighted by Crippen LogP contribution is 2.36. The molecule has 0 N–H and O–H groups in total. The lowest BCUT2D eigenvalue weighted by Gasteiger charge is -2.07. The highest BCUT2D eigenvalue weighted by molar-refractivity contribution is 6.14. The van der Waals surface area contributed by atoms with Crippen molar-refractivity contribution in [1.29, 1.82) is 0 Å². The average molecular weight is 457 g/mol. The quantitative estimate of drug-likeness (QED) is 0.188. The largest absolute Gasteiger partial charge is 0.497 e. The van der Waals surface area contributed by atoms with Gasteiger partial charge in [-0.1, -0.05) is 0 Å². The third-order valence-corrected chi connectivity index (χ3v) is 5.80. The molecular weight excluding hydrogens is 438 g/mol. The number of hydrogen-bond donors (Lipinski definition) is 0. The Morgan fingerprint density at radius 1 is 1.00 bits per heavy atom. The van der Waals surface area contributed by atoms with Crippen LogP contribution >= 0.6 is 0 Å². The number of hydrogen-bond acceptors (Lipinski definition) is 7. The molecule has 0 spiro atoms. The highest BCUT2D eigenvalue weighted by atomic mass is 16.6. The molecule has 3 aromatic carbocycles. The second kappa shape index (κ2) is 8.04. The summed E-state index contributed by atoms with van der Waals surface area (Å²) in [4.78, 5) is 27.2. The van der Waals surface area contributed by atoms with Gasteiger partial charge in [-0.15, -0.1) is 0 Å². The summed E-state index contributed by atoms with van der Waals surface area (Å²) < 4.78 is 18.3. The molecule has 170 valence electrons. The van der Waals surface area contributed by atoms with Crippen molar-refractivity contribution in [3.8, 4) is 11.5 Å². The summed E-state index contributed by atoms with van der Waals surface area (Å²) in [5.41, 5.74) is 3.14. The van der Waals surface area contributed by atoms with Crippen LogP contribution in [0.3, 0.4) is 0 Å². The van der Waals surface area contributed by atoms with Gasteiger partial charge >= 0.3 is 5.97 Å². The number of non-ortho nitro benzene ring substituents is 1. The summed E-state index contributed by atoms with van der Waals surface area (Å²) >= 11 is 0. The monoisotopic (exact) mass is 457 g/mol. The Balaban J connectivity index is 1.60. The minimum atomic E-state index is -0.613. The highest BCUT2D eigenvalue weighted by Gasteiger charge is 2.25. The summed E-state index contributed by atoms with van der Waals surface area (Å²) in [6.45, 7) is 0. The summed E-state index contributed by atoms with van der Waals surface area (Å²) in [5, 5.41) is 12.9. The van der Waals surface area contributed by atoms with E-state index in [0.29, 0.717) is 16.9 Å². The van der Waals surface area contributed by atoms with Gasteiger partial charge in [-0.05, 0) is 36.4 Å². The number of rotatable bonds is 5. The van der Waals surface area contributed by atoms with Gasteiger partial charge in [0, 0.05) is 53.2 Å².